The number of allylic oxidation sites excluding steroid dienone is 1. The van der Waals surface area contributed by atoms with Crippen LogP contribution in [0.3, 0.4) is 0 Å². The molecular weight excluding hydrogens is 331 g/mol. The molecule has 1 amide bonds. The van der Waals surface area contributed by atoms with Crippen LogP contribution in [-0.2, 0) is 14.8 Å². The van der Waals surface area contributed by atoms with Crippen LogP contribution in [-0.4, -0.2) is 27.4 Å². The molecule has 0 saturated heterocycles. The zero-order chi connectivity index (χ0) is 17.6. The Kier molecular flexibility index (Phi) is 6.51. The summed E-state index contributed by atoms with van der Waals surface area (Å²) >= 11 is 0. The third kappa shape index (κ3) is 5.42. The maximum absolute atomic E-state index is 13.2. The van der Waals surface area contributed by atoms with Crippen molar-refractivity contribution in [3.05, 3.63) is 41.2 Å². The van der Waals surface area contributed by atoms with Gasteiger partial charge >= 0.3 is 0 Å². The molecule has 2 N–H and O–H groups in total. The lowest BCUT2D eigenvalue weighted by molar-refractivity contribution is -0.119. The molecule has 7 heteroatoms. The summed E-state index contributed by atoms with van der Waals surface area (Å²) in [5.74, 6) is -0.850. The Hall–Kier alpha value is -1.73. The van der Waals surface area contributed by atoms with Gasteiger partial charge in [-0.15, -0.1) is 0 Å². The van der Waals surface area contributed by atoms with Crippen LogP contribution in [0.15, 0.2) is 34.7 Å². The van der Waals surface area contributed by atoms with Crippen LogP contribution in [0, 0.1) is 12.7 Å². The van der Waals surface area contributed by atoms with Crippen molar-refractivity contribution in [2.75, 3.05) is 13.1 Å². The summed E-state index contributed by atoms with van der Waals surface area (Å²) in [6.45, 7) is 1.65. The quantitative estimate of drug-likeness (QED) is 0.739. The summed E-state index contributed by atoms with van der Waals surface area (Å²) in [6.07, 6.45) is 7.61. The Labute approximate surface area is 142 Å². The summed E-state index contributed by atoms with van der Waals surface area (Å²) in [6, 6.07) is 3.52. The van der Waals surface area contributed by atoms with Gasteiger partial charge in [0.2, 0.25) is 15.9 Å². The van der Waals surface area contributed by atoms with Gasteiger partial charge in [-0.1, -0.05) is 11.6 Å². The minimum absolute atomic E-state index is 0.0541. The molecule has 2 rings (SSSR count). The third-order valence-corrected chi connectivity index (χ3v) is 5.41. The van der Waals surface area contributed by atoms with E-state index in [9.17, 15) is 17.6 Å². The van der Waals surface area contributed by atoms with Crippen LogP contribution in [0.2, 0.25) is 0 Å². The number of sulfonamides is 1. The maximum Gasteiger partial charge on any atom is 0.241 e. The van der Waals surface area contributed by atoms with Crippen LogP contribution in [0.25, 0.3) is 0 Å². The predicted molar refractivity (Wildman–Crippen MR) is 90.5 cm³/mol. The highest BCUT2D eigenvalue weighted by Gasteiger charge is 2.16. The van der Waals surface area contributed by atoms with Gasteiger partial charge in [0.15, 0.2) is 0 Å². The van der Waals surface area contributed by atoms with Crippen molar-refractivity contribution < 1.29 is 17.6 Å². The van der Waals surface area contributed by atoms with Gasteiger partial charge in [-0.2, -0.15) is 0 Å². The van der Waals surface area contributed by atoms with E-state index in [0.29, 0.717) is 6.54 Å². The number of rotatable bonds is 7. The number of nitrogens with one attached hydrogen (secondary N) is 2. The van der Waals surface area contributed by atoms with E-state index < -0.39 is 15.8 Å². The van der Waals surface area contributed by atoms with Crippen LogP contribution < -0.4 is 10.0 Å². The van der Waals surface area contributed by atoms with Gasteiger partial charge < -0.3 is 5.32 Å². The topological polar surface area (TPSA) is 75.3 Å². The Morgan fingerprint density at radius 1 is 1.29 bits per heavy atom. The highest BCUT2D eigenvalue weighted by atomic mass is 32.2. The number of hydrogen-bond acceptors (Lipinski definition) is 3. The molecule has 1 aliphatic rings. The van der Waals surface area contributed by atoms with Gasteiger partial charge in [-0.3, -0.25) is 4.79 Å². The molecule has 0 saturated carbocycles. The first-order chi connectivity index (χ1) is 11.4. The van der Waals surface area contributed by atoms with Gasteiger partial charge in [0.1, 0.15) is 5.82 Å². The number of hydrogen-bond donors (Lipinski definition) is 2. The van der Waals surface area contributed by atoms with E-state index in [1.807, 2.05) is 0 Å². The Morgan fingerprint density at radius 3 is 2.75 bits per heavy atom. The molecule has 0 radical (unpaired) electrons. The average molecular weight is 354 g/mol. The van der Waals surface area contributed by atoms with Crippen LogP contribution >= 0.6 is 0 Å². The van der Waals surface area contributed by atoms with E-state index in [2.05, 4.69) is 16.1 Å². The highest BCUT2D eigenvalue weighted by Crippen LogP contribution is 2.19. The molecule has 1 aliphatic carbocycles. The largest absolute Gasteiger partial charge is 0.355 e. The molecule has 0 aromatic heterocycles. The summed E-state index contributed by atoms with van der Waals surface area (Å²) in [7, 11) is -3.83. The summed E-state index contributed by atoms with van der Waals surface area (Å²) < 4.78 is 39.6. The first kappa shape index (κ1) is 18.6. The zero-order valence-corrected chi connectivity index (χ0v) is 14.6. The van der Waals surface area contributed by atoms with E-state index in [1.54, 1.807) is 0 Å². The SMILES string of the molecule is Cc1cc(S(=O)(=O)NCC(=O)NCCC2=CCCCC2)ccc1F. The molecule has 0 aliphatic heterocycles. The van der Waals surface area contributed by atoms with Crippen molar-refractivity contribution in [1.82, 2.24) is 10.0 Å². The van der Waals surface area contributed by atoms with Gasteiger partial charge in [-0.25, -0.2) is 17.5 Å². The molecule has 0 fully saturated rings. The van der Waals surface area contributed by atoms with Gasteiger partial charge in [0, 0.05) is 6.54 Å². The molecule has 0 bridgehead atoms. The number of carbonyl (C=O) groups is 1. The summed E-state index contributed by atoms with van der Waals surface area (Å²) in [5.41, 5.74) is 1.59. The lowest BCUT2D eigenvalue weighted by atomic mass is 9.97. The van der Waals surface area contributed by atoms with Crippen molar-refractivity contribution >= 4 is 15.9 Å². The van der Waals surface area contributed by atoms with Crippen LogP contribution in [0.5, 0.6) is 0 Å². The standard InChI is InChI=1S/C17H23FN2O3S/c1-13-11-15(7-8-16(13)18)24(22,23)20-12-17(21)19-10-9-14-5-3-2-4-6-14/h5,7-8,11,20H,2-4,6,9-10,12H2,1H3,(H,19,21). The normalized spacial score (nSPS) is 15.0. The van der Waals surface area contributed by atoms with E-state index in [-0.39, 0.29) is 22.9 Å². The maximum atomic E-state index is 13.2. The minimum Gasteiger partial charge on any atom is -0.355 e. The first-order valence-electron chi connectivity index (χ1n) is 8.09. The fraction of sp³-hybridized carbons (Fsp3) is 0.471. The molecule has 24 heavy (non-hydrogen) atoms. The summed E-state index contributed by atoms with van der Waals surface area (Å²) in [5, 5.41) is 2.71. The van der Waals surface area contributed by atoms with Crippen molar-refractivity contribution in [2.24, 2.45) is 0 Å². The highest BCUT2D eigenvalue weighted by molar-refractivity contribution is 7.89. The van der Waals surface area contributed by atoms with Crippen LogP contribution in [0.4, 0.5) is 4.39 Å². The monoisotopic (exact) mass is 354 g/mol. The average Bonchev–Trinajstić information content (AvgIpc) is 2.56. The Balaban J connectivity index is 1.79. The van der Waals surface area contributed by atoms with Gasteiger partial charge in [0.25, 0.3) is 0 Å². The minimum atomic E-state index is -3.83. The number of halogens is 1. The number of carbonyl (C=O) groups excluding carboxylic acids is 1. The second kappa shape index (κ2) is 8.39. The van der Waals surface area contributed by atoms with E-state index in [1.165, 1.54) is 37.5 Å². The predicted octanol–water partition coefficient (Wildman–Crippen LogP) is 2.42. The molecule has 5 nitrogen and oxygen atoms in total. The molecule has 1 aromatic rings. The van der Waals surface area contributed by atoms with E-state index in [0.717, 1.165) is 25.3 Å². The van der Waals surface area contributed by atoms with E-state index >= 15 is 0 Å². The number of benzene rings is 1. The molecule has 0 unspecified atom stereocenters. The lowest BCUT2D eigenvalue weighted by Gasteiger charge is -2.13. The van der Waals surface area contributed by atoms with Crippen molar-refractivity contribution in [2.45, 2.75) is 43.9 Å². The van der Waals surface area contributed by atoms with E-state index in [4.69, 9.17) is 0 Å². The van der Waals surface area contributed by atoms with Crippen molar-refractivity contribution in [3.8, 4) is 0 Å². The molecular formula is C17H23FN2O3S. The lowest BCUT2D eigenvalue weighted by Crippen LogP contribution is -2.37. The number of aryl methyl sites for hydroxylation is 1. The Bertz CT molecular complexity index is 729. The second-order valence-corrected chi connectivity index (χ2v) is 7.71. The first-order valence-corrected chi connectivity index (χ1v) is 9.57. The third-order valence-electron chi connectivity index (χ3n) is 4.02. The fourth-order valence-corrected chi connectivity index (χ4v) is 3.65. The van der Waals surface area contributed by atoms with Crippen LogP contribution in [0.1, 0.15) is 37.7 Å². The van der Waals surface area contributed by atoms with Crippen molar-refractivity contribution in [1.29, 1.82) is 0 Å². The molecule has 0 spiro atoms. The fourth-order valence-electron chi connectivity index (χ4n) is 2.58. The van der Waals surface area contributed by atoms with Crippen molar-refractivity contribution in [3.63, 3.8) is 0 Å². The van der Waals surface area contributed by atoms with Gasteiger partial charge in [0.05, 0.1) is 11.4 Å². The molecule has 0 atom stereocenters. The molecule has 1 aromatic carbocycles. The Morgan fingerprint density at radius 2 is 2.08 bits per heavy atom. The zero-order valence-electron chi connectivity index (χ0n) is 13.8. The molecule has 0 heterocycles. The van der Waals surface area contributed by atoms with Gasteiger partial charge in [-0.05, 0) is 62.8 Å². The second-order valence-electron chi connectivity index (χ2n) is 5.94. The smallest absolute Gasteiger partial charge is 0.241 e. The summed E-state index contributed by atoms with van der Waals surface area (Å²) in [4.78, 5) is 11.7. The number of amides is 1. The molecule has 132 valence electrons.